The van der Waals surface area contributed by atoms with E-state index in [1.54, 1.807) is 6.92 Å². The number of ether oxygens (including phenoxy) is 1. The number of nitrogens with one attached hydrogen (secondary N) is 1. The lowest BCUT2D eigenvalue weighted by Gasteiger charge is -2.09. The first-order chi connectivity index (χ1) is 11.8. The number of esters is 1. The van der Waals surface area contributed by atoms with Crippen LogP contribution in [0.1, 0.15) is 28.7 Å². The molecule has 0 saturated carbocycles. The molecule has 0 aliphatic carbocycles. The number of nitrogens with zero attached hydrogens (tertiary/aromatic N) is 2. The van der Waals surface area contributed by atoms with Crippen LogP contribution in [0.4, 0.5) is 13.2 Å². The fourth-order valence-corrected chi connectivity index (χ4v) is 3.05. The number of alkyl halides is 4. The first kappa shape index (κ1) is 17.5. The average molecular weight is 418 g/mol. The summed E-state index contributed by atoms with van der Waals surface area (Å²) in [6.45, 7) is 1.75. The largest absolute Gasteiger partial charge is 0.461 e. The smallest absolute Gasteiger partial charge is 0.416 e. The highest BCUT2D eigenvalue weighted by atomic mass is 79.9. The van der Waals surface area contributed by atoms with E-state index in [2.05, 4.69) is 25.9 Å². The SMILES string of the molecule is CCOC(=O)c1nc2c(=O)[nH]c3cc(C(F)(F)F)ccc3n2c1CBr. The van der Waals surface area contributed by atoms with Crippen molar-refractivity contribution in [2.24, 2.45) is 0 Å². The molecule has 132 valence electrons. The number of fused-ring (bicyclic) bond motifs is 3. The highest BCUT2D eigenvalue weighted by Gasteiger charge is 2.31. The van der Waals surface area contributed by atoms with E-state index in [0.717, 1.165) is 12.1 Å². The third-order valence-corrected chi connectivity index (χ3v) is 4.12. The Balaban J connectivity index is 2.38. The van der Waals surface area contributed by atoms with Crippen LogP contribution >= 0.6 is 15.9 Å². The summed E-state index contributed by atoms with van der Waals surface area (Å²) in [5, 5.41) is 0.155. The van der Waals surface area contributed by atoms with Gasteiger partial charge in [-0.2, -0.15) is 13.2 Å². The Morgan fingerprint density at radius 1 is 1.40 bits per heavy atom. The number of H-pyrrole nitrogens is 1. The molecule has 0 radical (unpaired) electrons. The maximum Gasteiger partial charge on any atom is 0.416 e. The topological polar surface area (TPSA) is 76.5 Å². The molecular formula is C15H11BrF3N3O3. The van der Waals surface area contributed by atoms with E-state index >= 15 is 0 Å². The van der Waals surface area contributed by atoms with Gasteiger partial charge in [-0.3, -0.25) is 9.20 Å². The monoisotopic (exact) mass is 417 g/mol. The average Bonchev–Trinajstić information content (AvgIpc) is 2.94. The summed E-state index contributed by atoms with van der Waals surface area (Å²) in [5.74, 6) is -0.708. The minimum absolute atomic E-state index is 0.0117. The van der Waals surface area contributed by atoms with Crippen molar-refractivity contribution in [3.63, 3.8) is 0 Å². The molecule has 0 amide bonds. The quantitative estimate of drug-likeness (QED) is 0.524. The Morgan fingerprint density at radius 2 is 2.12 bits per heavy atom. The van der Waals surface area contributed by atoms with Gasteiger partial charge in [-0.05, 0) is 25.1 Å². The van der Waals surface area contributed by atoms with Crippen molar-refractivity contribution < 1.29 is 22.7 Å². The van der Waals surface area contributed by atoms with Crippen molar-refractivity contribution in [1.82, 2.24) is 14.4 Å². The van der Waals surface area contributed by atoms with Crippen LogP contribution in [0.2, 0.25) is 0 Å². The predicted molar refractivity (Wildman–Crippen MR) is 86.9 cm³/mol. The van der Waals surface area contributed by atoms with Gasteiger partial charge in [-0.15, -0.1) is 0 Å². The number of benzene rings is 1. The first-order valence-electron chi connectivity index (χ1n) is 7.15. The van der Waals surface area contributed by atoms with Gasteiger partial charge < -0.3 is 9.72 Å². The molecule has 2 heterocycles. The van der Waals surface area contributed by atoms with Gasteiger partial charge in [0, 0.05) is 5.33 Å². The zero-order chi connectivity index (χ0) is 18.4. The molecule has 1 aromatic carbocycles. The number of hydrogen-bond donors (Lipinski definition) is 1. The summed E-state index contributed by atoms with van der Waals surface area (Å²) in [4.78, 5) is 30.7. The standard InChI is InChI=1S/C15H11BrF3N3O3/c1-2-25-14(24)11-10(6-16)22-9-4-3-7(15(17,18)19)5-8(9)20-13(23)12(22)21-11/h3-5H,2,6H2,1H3,(H,20,23). The maximum absolute atomic E-state index is 12.9. The third-order valence-electron chi connectivity index (χ3n) is 3.58. The summed E-state index contributed by atoms with van der Waals surface area (Å²) in [7, 11) is 0. The van der Waals surface area contributed by atoms with Crippen LogP contribution in [0, 0.1) is 0 Å². The Labute approximate surface area is 146 Å². The van der Waals surface area contributed by atoms with Gasteiger partial charge in [-0.1, -0.05) is 15.9 Å². The molecule has 10 heteroatoms. The van der Waals surface area contributed by atoms with Crippen molar-refractivity contribution in [2.45, 2.75) is 18.4 Å². The molecule has 6 nitrogen and oxygen atoms in total. The minimum atomic E-state index is -4.54. The van der Waals surface area contributed by atoms with E-state index in [9.17, 15) is 22.8 Å². The molecule has 0 spiro atoms. The number of aromatic amines is 1. The highest BCUT2D eigenvalue weighted by Crippen LogP contribution is 2.31. The second-order valence-electron chi connectivity index (χ2n) is 5.10. The lowest BCUT2D eigenvalue weighted by atomic mass is 10.2. The third kappa shape index (κ3) is 2.90. The minimum Gasteiger partial charge on any atom is -0.461 e. The van der Waals surface area contributed by atoms with Gasteiger partial charge in [0.25, 0.3) is 5.56 Å². The van der Waals surface area contributed by atoms with E-state index in [4.69, 9.17) is 4.74 Å². The number of imidazole rings is 1. The van der Waals surface area contributed by atoms with E-state index < -0.39 is 23.3 Å². The molecule has 0 unspecified atom stereocenters. The first-order valence-corrected chi connectivity index (χ1v) is 8.27. The number of hydrogen-bond acceptors (Lipinski definition) is 4. The van der Waals surface area contributed by atoms with E-state index in [0.29, 0.717) is 11.2 Å². The lowest BCUT2D eigenvalue weighted by Crippen LogP contribution is -2.13. The van der Waals surface area contributed by atoms with E-state index in [1.165, 1.54) is 10.5 Å². The Bertz CT molecular complexity index is 1040. The molecule has 2 aromatic heterocycles. The van der Waals surface area contributed by atoms with Crippen LogP contribution in [-0.4, -0.2) is 26.9 Å². The molecular weight excluding hydrogens is 407 g/mol. The number of carbonyl (C=O) groups excluding carboxylic acids is 1. The Morgan fingerprint density at radius 3 is 2.72 bits per heavy atom. The number of aromatic nitrogens is 3. The fourth-order valence-electron chi connectivity index (χ4n) is 2.54. The zero-order valence-electron chi connectivity index (χ0n) is 12.8. The summed E-state index contributed by atoms with van der Waals surface area (Å²) in [6.07, 6.45) is -4.54. The number of rotatable bonds is 3. The van der Waals surface area contributed by atoms with Crippen LogP contribution in [0.5, 0.6) is 0 Å². The molecule has 25 heavy (non-hydrogen) atoms. The van der Waals surface area contributed by atoms with Crippen molar-refractivity contribution in [3.05, 3.63) is 45.5 Å². The van der Waals surface area contributed by atoms with E-state index in [-0.39, 0.29) is 28.8 Å². The molecule has 0 bridgehead atoms. The summed E-state index contributed by atoms with van der Waals surface area (Å²) in [6, 6.07) is 2.98. The van der Waals surface area contributed by atoms with Gasteiger partial charge in [0.05, 0.1) is 28.9 Å². The van der Waals surface area contributed by atoms with Crippen molar-refractivity contribution in [2.75, 3.05) is 6.61 Å². The Kier molecular flexibility index (Phi) is 4.31. The summed E-state index contributed by atoms with van der Waals surface area (Å²) >= 11 is 3.22. The van der Waals surface area contributed by atoms with Gasteiger partial charge in [0.1, 0.15) is 0 Å². The number of halogens is 4. The van der Waals surface area contributed by atoms with Crippen LogP contribution in [0.25, 0.3) is 16.7 Å². The van der Waals surface area contributed by atoms with Crippen molar-refractivity contribution in [1.29, 1.82) is 0 Å². The zero-order valence-corrected chi connectivity index (χ0v) is 14.4. The second kappa shape index (κ2) is 6.17. The highest BCUT2D eigenvalue weighted by molar-refractivity contribution is 9.08. The van der Waals surface area contributed by atoms with Gasteiger partial charge >= 0.3 is 12.1 Å². The van der Waals surface area contributed by atoms with Crippen LogP contribution in [0.3, 0.4) is 0 Å². The molecule has 0 saturated heterocycles. The van der Waals surface area contributed by atoms with Gasteiger partial charge in [0.15, 0.2) is 5.69 Å². The van der Waals surface area contributed by atoms with Gasteiger partial charge in [0.2, 0.25) is 5.65 Å². The molecule has 1 N–H and O–H groups in total. The molecule has 3 rings (SSSR count). The van der Waals surface area contributed by atoms with Crippen molar-refractivity contribution >= 4 is 38.6 Å². The predicted octanol–water partition coefficient (Wildman–Crippen LogP) is 3.27. The van der Waals surface area contributed by atoms with E-state index in [1.807, 2.05) is 0 Å². The van der Waals surface area contributed by atoms with Crippen LogP contribution in [-0.2, 0) is 16.2 Å². The van der Waals surface area contributed by atoms with Gasteiger partial charge in [-0.25, -0.2) is 9.78 Å². The van der Waals surface area contributed by atoms with Crippen LogP contribution in [0.15, 0.2) is 23.0 Å². The fraction of sp³-hybridized carbons (Fsp3) is 0.267. The van der Waals surface area contributed by atoms with Crippen LogP contribution < -0.4 is 5.56 Å². The maximum atomic E-state index is 12.9. The molecule has 0 atom stereocenters. The lowest BCUT2D eigenvalue weighted by molar-refractivity contribution is -0.137. The summed E-state index contributed by atoms with van der Waals surface area (Å²) < 4.78 is 44.9. The summed E-state index contributed by atoms with van der Waals surface area (Å²) in [5.41, 5.74) is -1.14. The molecule has 0 aliphatic heterocycles. The Hall–Kier alpha value is -2.36. The molecule has 3 aromatic rings. The second-order valence-corrected chi connectivity index (χ2v) is 5.66. The molecule has 0 fully saturated rings. The normalized spacial score (nSPS) is 12.0. The van der Waals surface area contributed by atoms with Crippen molar-refractivity contribution in [3.8, 4) is 0 Å². The molecule has 0 aliphatic rings. The number of carbonyl (C=O) groups is 1.